The van der Waals surface area contributed by atoms with Gasteiger partial charge < -0.3 is 14.4 Å². The van der Waals surface area contributed by atoms with Gasteiger partial charge in [-0.05, 0) is 44.1 Å². The number of piperidine rings is 1. The molecule has 1 aliphatic carbocycles. The third-order valence-corrected chi connectivity index (χ3v) is 5.52. The number of hydrogen-bond donors (Lipinski definition) is 0. The first-order chi connectivity index (χ1) is 11.8. The molecule has 3 heterocycles. The van der Waals surface area contributed by atoms with E-state index in [4.69, 9.17) is 9.47 Å². The molecule has 0 N–H and O–H groups in total. The van der Waals surface area contributed by atoms with Crippen molar-refractivity contribution in [3.8, 4) is 0 Å². The van der Waals surface area contributed by atoms with Crippen LogP contribution in [-0.2, 0) is 9.47 Å². The lowest BCUT2D eigenvalue weighted by Crippen LogP contribution is -2.58. The van der Waals surface area contributed by atoms with Crippen molar-refractivity contribution < 1.29 is 14.3 Å². The number of nitrogens with zero attached hydrogens (tertiary/aromatic N) is 3. The van der Waals surface area contributed by atoms with Crippen molar-refractivity contribution in [2.24, 2.45) is 11.3 Å². The van der Waals surface area contributed by atoms with Gasteiger partial charge in [0.1, 0.15) is 12.0 Å². The molecule has 2 unspecified atom stereocenters. The van der Waals surface area contributed by atoms with Crippen molar-refractivity contribution in [3.05, 3.63) is 24.3 Å². The third-order valence-electron chi connectivity index (χ3n) is 5.52. The second-order valence-corrected chi connectivity index (χ2v) is 7.39. The normalized spacial score (nSPS) is 30.0. The standard InChI is InChI=1S/C18H25N3O3/c22-17(15-4-7-19-13-20-15)21-8-5-16-18(11-21,6-1-9-24-16)12-23-10-14-2-3-14/h4,7,13-14,16H,1-3,5-6,8-12H2. The van der Waals surface area contributed by atoms with Gasteiger partial charge in [0.2, 0.25) is 0 Å². The number of amides is 1. The fourth-order valence-electron chi connectivity index (χ4n) is 3.97. The molecule has 1 aromatic heterocycles. The maximum absolute atomic E-state index is 12.8. The van der Waals surface area contributed by atoms with Crippen molar-refractivity contribution in [2.45, 2.75) is 38.2 Å². The van der Waals surface area contributed by atoms with Gasteiger partial charge >= 0.3 is 0 Å². The molecular formula is C18H25N3O3. The molecule has 0 aromatic carbocycles. The van der Waals surface area contributed by atoms with Crippen molar-refractivity contribution in [2.75, 3.05) is 32.9 Å². The van der Waals surface area contributed by atoms with Gasteiger partial charge in [0.15, 0.2) is 0 Å². The summed E-state index contributed by atoms with van der Waals surface area (Å²) in [5.41, 5.74) is 0.405. The maximum atomic E-state index is 12.8. The van der Waals surface area contributed by atoms with Gasteiger partial charge in [-0.3, -0.25) is 4.79 Å². The van der Waals surface area contributed by atoms with E-state index in [1.165, 1.54) is 19.2 Å². The van der Waals surface area contributed by atoms with Crippen LogP contribution in [0, 0.1) is 11.3 Å². The summed E-state index contributed by atoms with van der Waals surface area (Å²) in [6.07, 6.45) is 8.83. The molecule has 130 valence electrons. The molecule has 1 aromatic rings. The second kappa shape index (κ2) is 6.76. The first-order valence-corrected chi connectivity index (χ1v) is 9.01. The number of hydrogen-bond acceptors (Lipinski definition) is 5. The van der Waals surface area contributed by atoms with Gasteiger partial charge in [0.25, 0.3) is 5.91 Å². The summed E-state index contributed by atoms with van der Waals surface area (Å²) in [6.45, 7) is 3.80. The molecule has 2 atom stereocenters. The highest BCUT2D eigenvalue weighted by Gasteiger charge is 2.47. The van der Waals surface area contributed by atoms with Crippen LogP contribution in [0.15, 0.2) is 18.6 Å². The van der Waals surface area contributed by atoms with Gasteiger partial charge in [-0.15, -0.1) is 0 Å². The molecular weight excluding hydrogens is 306 g/mol. The lowest BCUT2D eigenvalue weighted by Gasteiger charge is -2.50. The highest BCUT2D eigenvalue weighted by Crippen LogP contribution is 2.41. The Labute approximate surface area is 142 Å². The molecule has 24 heavy (non-hydrogen) atoms. The van der Waals surface area contributed by atoms with Gasteiger partial charge in [-0.2, -0.15) is 0 Å². The summed E-state index contributed by atoms with van der Waals surface area (Å²) in [5.74, 6) is 0.745. The van der Waals surface area contributed by atoms with E-state index < -0.39 is 0 Å². The van der Waals surface area contributed by atoms with Crippen LogP contribution >= 0.6 is 0 Å². The number of carbonyl (C=O) groups is 1. The van der Waals surface area contributed by atoms with Gasteiger partial charge in [-0.25, -0.2) is 9.97 Å². The molecule has 0 bridgehead atoms. The molecule has 3 fully saturated rings. The first kappa shape index (κ1) is 16.0. The highest BCUT2D eigenvalue weighted by molar-refractivity contribution is 5.92. The van der Waals surface area contributed by atoms with Crippen LogP contribution in [0.25, 0.3) is 0 Å². The summed E-state index contributed by atoms with van der Waals surface area (Å²) in [7, 11) is 0. The summed E-state index contributed by atoms with van der Waals surface area (Å²) < 4.78 is 12.1. The van der Waals surface area contributed by atoms with Crippen LogP contribution < -0.4 is 0 Å². The molecule has 1 amide bonds. The number of carbonyl (C=O) groups excluding carboxylic acids is 1. The summed E-state index contributed by atoms with van der Waals surface area (Å²) in [5, 5.41) is 0. The SMILES string of the molecule is O=C(c1ccncn1)N1CCC2OCCCC2(COCC2CC2)C1. The van der Waals surface area contributed by atoms with Crippen LogP contribution in [0.2, 0.25) is 0 Å². The number of likely N-dealkylation sites (tertiary alicyclic amines) is 1. The zero-order valence-electron chi connectivity index (χ0n) is 14.0. The first-order valence-electron chi connectivity index (χ1n) is 9.01. The fraction of sp³-hybridized carbons (Fsp3) is 0.722. The fourth-order valence-corrected chi connectivity index (χ4v) is 3.97. The third kappa shape index (κ3) is 3.30. The Hall–Kier alpha value is -1.53. The van der Waals surface area contributed by atoms with E-state index in [0.717, 1.165) is 44.9 Å². The van der Waals surface area contributed by atoms with Gasteiger partial charge in [0.05, 0.1) is 12.7 Å². The molecule has 6 heteroatoms. The second-order valence-electron chi connectivity index (χ2n) is 7.39. The molecule has 3 aliphatic rings. The molecule has 0 spiro atoms. The molecule has 2 aliphatic heterocycles. The molecule has 1 saturated carbocycles. The number of ether oxygens (including phenoxy) is 2. The Bertz CT molecular complexity index is 578. The van der Waals surface area contributed by atoms with Crippen molar-refractivity contribution >= 4 is 5.91 Å². The van der Waals surface area contributed by atoms with Gasteiger partial charge in [-0.1, -0.05) is 0 Å². The molecule has 6 nitrogen and oxygen atoms in total. The quantitative estimate of drug-likeness (QED) is 0.825. The van der Waals surface area contributed by atoms with Crippen LogP contribution in [0.4, 0.5) is 0 Å². The minimum absolute atomic E-state index is 0.0111. The van der Waals surface area contributed by atoms with E-state index in [1.54, 1.807) is 12.3 Å². The van der Waals surface area contributed by atoms with E-state index in [-0.39, 0.29) is 17.4 Å². The molecule has 0 radical (unpaired) electrons. The lowest BCUT2D eigenvalue weighted by molar-refractivity contribution is -0.147. The van der Waals surface area contributed by atoms with E-state index >= 15 is 0 Å². The number of fused-ring (bicyclic) bond motifs is 1. The van der Waals surface area contributed by atoms with Crippen molar-refractivity contribution in [1.82, 2.24) is 14.9 Å². The van der Waals surface area contributed by atoms with E-state index in [9.17, 15) is 4.79 Å². The predicted molar refractivity (Wildman–Crippen MR) is 87.5 cm³/mol. The lowest BCUT2D eigenvalue weighted by atomic mass is 9.73. The Kier molecular flexibility index (Phi) is 4.50. The Morgan fingerprint density at radius 2 is 2.33 bits per heavy atom. The van der Waals surface area contributed by atoms with Crippen LogP contribution in [-0.4, -0.2) is 59.8 Å². The molecule has 4 rings (SSSR count). The topological polar surface area (TPSA) is 64.6 Å². The van der Waals surface area contributed by atoms with Crippen molar-refractivity contribution in [1.29, 1.82) is 0 Å². The minimum Gasteiger partial charge on any atom is -0.380 e. The van der Waals surface area contributed by atoms with Crippen LogP contribution in [0.3, 0.4) is 0 Å². The van der Waals surface area contributed by atoms with Crippen LogP contribution in [0.1, 0.15) is 42.6 Å². The zero-order valence-corrected chi connectivity index (χ0v) is 14.0. The van der Waals surface area contributed by atoms with E-state index in [2.05, 4.69) is 9.97 Å². The Morgan fingerprint density at radius 1 is 1.42 bits per heavy atom. The summed E-state index contributed by atoms with van der Waals surface area (Å²) >= 11 is 0. The summed E-state index contributed by atoms with van der Waals surface area (Å²) in [4.78, 5) is 22.7. The average molecular weight is 331 g/mol. The van der Waals surface area contributed by atoms with E-state index in [1.807, 2.05) is 4.90 Å². The zero-order chi connectivity index (χ0) is 16.4. The predicted octanol–water partition coefficient (Wildman–Crippen LogP) is 1.91. The largest absolute Gasteiger partial charge is 0.380 e. The Balaban J connectivity index is 1.46. The van der Waals surface area contributed by atoms with E-state index in [0.29, 0.717) is 18.8 Å². The van der Waals surface area contributed by atoms with Crippen LogP contribution in [0.5, 0.6) is 0 Å². The summed E-state index contributed by atoms with van der Waals surface area (Å²) in [6, 6.07) is 1.68. The Morgan fingerprint density at radius 3 is 3.12 bits per heavy atom. The van der Waals surface area contributed by atoms with Crippen molar-refractivity contribution in [3.63, 3.8) is 0 Å². The number of rotatable bonds is 5. The smallest absolute Gasteiger partial charge is 0.272 e. The van der Waals surface area contributed by atoms with Gasteiger partial charge in [0, 0.05) is 37.9 Å². The maximum Gasteiger partial charge on any atom is 0.272 e. The highest BCUT2D eigenvalue weighted by atomic mass is 16.5. The number of aromatic nitrogens is 2. The minimum atomic E-state index is -0.0614. The monoisotopic (exact) mass is 331 g/mol. The molecule has 2 saturated heterocycles. The average Bonchev–Trinajstić information content (AvgIpc) is 3.45.